The first-order valence-corrected chi connectivity index (χ1v) is 36.9. The van der Waals surface area contributed by atoms with Crippen molar-refractivity contribution < 1.29 is 0 Å². The van der Waals surface area contributed by atoms with Crippen molar-refractivity contribution in [1.29, 1.82) is 0 Å². The van der Waals surface area contributed by atoms with Crippen molar-refractivity contribution in [2.24, 2.45) is 0 Å². The second-order valence-corrected chi connectivity index (χ2v) is 14.5. The smallest absolute Gasteiger partial charge is 0.0245 e. The average molecular weight is 1260 g/mol. The van der Waals surface area contributed by atoms with Gasteiger partial charge in [-0.05, 0) is 155 Å². The van der Waals surface area contributed by atoms with Gasteiger partial charge in [0.15, 0.2) is 0 Å². The summed E-state index contributed by atoms with van der Waals surface area (Å²) in [5, 5.41) is 0. The SMILES string of the molecule is C/C(=C(/C)c1ccc(/C(C)=C(\C)c2ccccc2)cc1)c1ccccc1.CC.CC.CC.CC.CC.CC.CC.CC.CC.CC.CC.CC.CC.CC.CC.CC.CC.CC#Cc1ccccc1.CC(C)=C(C)c1ccccc1.CC(C)=C(C)c1ccccc1. The molecule has 0 spiro atoms. The summed E-state index contributed by atoms with van der Waals surface area (Å²) in [6.07, 6.45) is 0. The summed E-state index contributed by atoms with van der Waals surface area (Å²) in [6, 6.07) is 61.0. The molecule has 0 atom stereocenters. The summed E-state index contributed by atoms with van der Waals surface area (Å²) in [5.74, 6) is 5.79. The van der Waals surface area contributed by atoms with Gasteiger partial charge in [0, 0.05) is 5.56 Å². The average Bonchev–Trinajstić information content (AvgIpc) is 3.80. The lowest BCUT2D eigenvalue weighted by Gasteiger charge is -2.12. The third kappa shape index (κ3) is 74.5. The quantitative estimate of drug-likeness (QED) is 0.115. The van der Waals surface area contributed by atoms with E-state index in [4.69, 9.17) is 0 Å². The Kier molecular flexibility index (Phi) is 158. The zero-order chi connectivity index (χ0) is 75.6. The third-order valence-corrected chi connectivity index (χ3v) is 10.2. The van der Waals surface area contributed by atoms with Crippen molar-refractivity contribution in [3.63, 3.8) is 0 Å². The predicted octanol–water partition coefficient (Wildman–Crippen LogP) is 34.1. The molecule has 0 aromatic heterocycles. The molecule has 0 saturated heterocycles. The fourth-order valence-corrected chi connectivity index (χ4v) is 5.83. The molecule has 0 N–H and O–H groups in total. The van der Waals surface area contributed by atoms with Crippen LogP contribution in [0.5, 0.6) is 0 Å². The van der Waals surface area contributed by atoms with Gasteiger partial charge < -0.3 is 0 Å². The van der Waals surface area contributed by atoms with Gasteiger partial charge in [0.25, 0.3) is 0 Å². The van der Waals surface area contributed by atoms with E-state index >= 15 is 0 Å². The Balaban J connectivity index is -0.0000000588. The van der Waals surface area contributed by atoms with Gasteiger partial charge in [0.2, 0.25) is 0 Å². The molecule has 6 aromatic carbocycles. The first kappa shape index (κ1) is 122. The van der Waals surface area contributed by atoms with Crippen LogP contribution in [0.2, 0.25) is 0 Å². The number of benzene rings is 6. The number of rotatable bonds is 6. The Bertz CT molecular complexity index is 2120. The first-order chi connectivity index (χ1) is 44.4. The van der Waals surface area contributed by atoms with E-state index in [-0.39, 0.29) is 0 Å². The van der Waals surface area contributed by atoms with E-state index in [1.54, 1.807) is 0 Å². The van der Waals surface area contributed by atoms with Crippen molar-refractivity contribution in [2.45, 2.75) is 312 Å². The summed E-state index contributed by atoms with van der Waals surface area (Å²) < 4.78 is 0. The Morgan fingerprint density at radius 3 is 0.451 bits per heavy atom. The van der Waals surface area contributed by atoms with E-state index in [0.29, 0.717) is 0 Å². The van der Waals surface area contributed by atoms with Crippen LogP contribution >= 0.6 is 0 Å². The second kappa shape index (κ2) is 118. The molecule has 0 fully saturated rings. The molecule has 0 saturated carbocycles. The van der Waals surface area contributed by atoms with Gasteiger partial charge in [-0.15, -0.1) is 5.92 Å². The van der Waals surface area contributed by atoms with E-state index < -0.39 is 0 Å². The molecule has 0 heterocycles. The highest BCUT2D eigenvalue weighted by Gasteiger charge is 2.06. The van der Waals surface area contributed by atoms with Crippen LogP contribution < -0.4 is 0 Å². The molecule has 0 nitrogen and oxygen atoms in total. The Labute approximate surface area is 579 Å². The molecule has 0 amide bonds. The van der Waals surface area contributed by atoms with Crippen LogP contribution in [-0.4, -0.2) is 0 Å². The lowest BCUT2D eigenvalue weighted by Crippen LogP contribution is -1.89. The maximum atomic E-state index is 2.96. The van der Waals surface area contributed by atoms with E-state index in [2.05, 4.69) is 215 Å². The Morgan fingerprint density at radius 2 is 0.308 bits per heavy atom. The maximum absolute atomic E-state index is 2.96. The molecule has 0 bridgehead atoms. The summed E-state index contributed by atoms with van der Waals surface area (Å²) >= 11 is 0. The van der Waals surface area contributed by atoms with Gasteiger partial charge in [0.05, 0.1) is 0 Å². The molecule has 91 heavy (non-hydrogen) atoms. The van der Waals surface area contributed by atoms with Crippen LogP contribution in [0.1, 0.15) is 351 Å². The summed E-state index contributed by atoms with van der Waals surface area (Å²) in [4.78, 5) is 0. The molecular formula is C91H164. The molecule has 0 aliphatic heterocycles. The van der Waals surface area contributed by atoms with Gasteiger partial charge in [-0.2, -0.15) is 0 Å². The van der Waals surface area contributed by atoms with Crippen molar-refractivity contribution in [3.8, 4) is 11.8 Å². The summed E-state index contributed by atoms with van der Waals surface area (Å²) in [5.41, 5.74) is 19.7. The van der Waals surface area contributed by atoms with Gasteiger partial charge in [-0.1, -0.05) is 416 Å². The molecule has 0 radical (unpaired) electrons. The molecule has 6 rings (SSSR count). The van der Waals surface area contributed by atoms with Crippen LogP contribution in [0.25, 0.3) is 33.4 Å². The fraction of sp³-hybridized carbons (Fsp3) is 0.495. The third-order valence-electron chi connectivity index (χ3n) is 10.2. The van der Waals surface area contributed by atoms with Crippen LogP contribution in [-0.2, 0) is 0 Å². The lowest BCUT2D eigenvalue weighted by atomic mass is 9.93. The topological polar surface area (TPSA) is 0 Å². The Hall–Kier alpha value is -6.16. The highest BCUT2D eigenvalue weighted by atomic mass is 14.1. The zero-order valence-corrected chi connectivity index (χ0v) is 70.2. The molecule has 0 heteroatoms. The molecule has 0 aliphatic rings. The number of allylic oxidation sites excluding steroid dienone is 8. The van der Waals surface area contributed by atoms with Crippen LogP contribution in [0.3, 0.4) is 0 Å². The van der Waals surface area contributed by atoms with Gasteiger partial charge in [-0.3, -0.25) is 0 Å². The number of hydrogen-bond donors (Lipinski definition) is 0. The summed E-state index contributed by atoms with van der Waals surface area (Å²) in [6.45, 7) is 91.5. The lowest BCUT2D eigenvalue weighted by molar-refractivity contribution is 1.36. The van der Waals surface area contributed by atoms with Crippen LogP contribution in [0, 0.1) is 11.8 Å². The molecule has 0 aliphatic carbocycles. The minimum absolute atomic E-state index is 1.08. The van der Waals surface area contributed by atoms with Crippen molar-refractivity contribution in [3.05, 3.63) is 226 Å². The zero-order valence-electron chi connectivity index (χ0n) is 70.2. The molecule has 6 aromatic rings. The first-order valence-electron chi connectivity index (χ1n) is 36.9. The van der Waals surface area contributed by atoms with Crippen molar-refractivity contribution in [1.82, 2.24) is 0 Å². The number of hydrogen-bond acceptors (Lipinski definition) is 0. The van der Waals surface area contributed by atoms with E-state index in [1.165, 1.54) is 78.0 Å². The minimum atomic E-state index is 1.08. The van der Waals surface area contributed by atoms with Gasteiger partial charge in [0.1, 0.15) is 0 Å². The molecular weight excluding hydrogens is 1090 g/mol. The van der Waals surface area contributed by atoms with Crippen LogP contribution in [0.15, 0.2) is 187 Å². The monoisotopic (exact) mass is 1260 g/mol. The van der Waals surface area contributed by atoms with E-state index in [1.807, 2.05) is 285 Å². The van der Waals surface area contributed by atoms with Gasteiger partial charge in [-0.25, -0.2) is 0 Å². The van der Waals surface area contributed by atoms with Gasteiger partial charge >= 0.3 is 0 Å². The largest absolute Gasteiger partial charge is 0.101 e. The van der Waals surface area contributed by atoms with Crippen molar-refractivity contribution >= 4 is 33.4 Å². The highest BCUT2D eigenvalue weighted by molar-refractivity contribution is 5.91. The van der Waals surface area contributed by atoms with E-state index in [9.17, 15) is 0 Å². The molecule has 528 valence electrons. The normalized spacial score (nSPS) is 7.88. The summed E-state index contributed by atoms with van der Waals surface area (Å²) in [7, 11) is 0. The predicted molar refractivity (Wildman–Crippen MR) is 448 cm³/mol. The fourth-order valence-electron chi connectivity index (χ4n) is 5.83. The maximum Gasteiger partial charge on any atom is 0.0245 e. The van der Waals surface area contributed by atoms with Crippen molar-refractivity contribution in [2.75, 3.05) is 0 Å². The Morgan fingerprint density at radius 1 is 0.176 bits per heavy atom. The van der Waals surface area contributed by atoms with Crippen LogP contribution in [0.4, 0.5) is 0 Å². The highest BCUT2D eigenvalue weighted by Crippen LogP contribution is 2.29. The molecule has 0 unspecified atom stereocenters. The standard InChI is InChI=1S/C26H26.2C11H14.C9H8.17C2H6/c1-19(23-11-7-5-8-12-23)21(3)25-15-17-26(18-16-25)22(4)20(2)24-13-9-6-10-14-24;2*1-9(2)10(3)11-7-5-4-6-8-11;1-2-6-9-7-4-3-5-8-9;17*1-2/h5-18H,1-4H3;2*4-8H,1-3H3;3-5,7-8H,1H3;17*1-2H3/b21-19+,22-20+;;;;;;;;;;;;;;;;;;;;. The minimum Gasteiger partial charge on any atom is -0.101 e. The second-order valence-electron chi connectivity index (χ2n) is 14.5. The van der Waals surface area contributed by atoms with E-state index in [0.717, 1.165) is 5.56 Å².